The zero-order valence-corrected chi connectivity index (χ0v) is 11.1. The minimum Gasteiger partial charge on any atom is -0.409 e. The number of oxime groups is 1. The summed E-state index contributed by atoms with van der Waals surface area (Å²) in [5, 5.41) is 14.2. The van der Waals surface area contributed by atoms with Crippen LogP contribution in [0.5, 0.6) is 0 Å². The van der Waals surface area contributed by atoms with E-state index in [4.69, 9.17) is 10.9 Å². The van der Waals surface area contributed by atoms with Crippen LogP contribution in [0.4, 0.5) is 4.39 Å². The van der Waals surface area contributed by atoms with Gasteiger partial charge in [-0.3, -0.25) is 4.79 Å². The summed E-state index contributed by atoms with van der Waals surface area (Å²) in [6, 6.07) is 3.60. The molecule has 6 heteroatoms. The summed E-state index contributed by atoms with van der Waals surface area (Å²) in [5.41, 5.74) is 6.17. The quantitative estimate of drug-likeness (QED) is 0.335. The molecule has 4 N–H and O–H groups in total. The van der Waals surface area contributed by atoms with Crippen molar-refractivity contribution in [3.63, 3.8) is 0 Å². The van der Waals surface area contributed by atoms with Gasteiger partial charge in [0.2, 0.25) is 0 Å². The summed E-state index contributed by atoms with van der Waals surface area (Å²) < 4.78 is 13.4. The van der Waals surface area contributed by atoms with Gasteiger partial charge in [0.1, 0.15) is 5.82 Å². The first-order valence-corrected chi connectivity index (χ1v) is 5.91. The first-order valence-electron chi connectivity index (χ1n) is 5.91. The third kappa shape index (κ3) is 3.67. The average Bonchev–Trinajstić information content (AvgIpc) is 2.37. The van der Waals surface area contributed by atoms with Gasteiger partial charge < -0.3 is 16.3 Å². The predicted octanol–water partition coefficient (Wildman–Crippen LogP) is 1.63. The maximum atomic E-state index is 13.4. The van der Waals surface area contributed by atoms with Gasteiger partial charge in [-0.15, -0.1) is 0 Å². The van der Waals surface area contributed by atoms with Crippen LogP contribution in [0.2, 0.25) is 0 Å². The summed E-state index contributed by atoms with van der Waals surface area (Å²) in [7, 11) is 0. The molecule has 19 heavy (non-hydrogen) atoms. The van der Waals surface area contributed by atoms with Gasteiger partial charge in [-0.25, -0.2) is 4.39 Å². The molecule has 0 spiro atoms. The molecule has 1 atom stereocenters. The largest absolute Gasteiger partial charge is 0.409 e. The average molecular weight is 267 g/mol. The summed E-state index contributed by atoms with van der Waals surface area (Å²) >= 11 is 0. The maximum absolute atomic E-state index is 13.4. The van der Waals surface area contributed by atoms with Crippen molar-refractivity contribution >= 4 is 11.7 Å². The molecule has 1 amide bonds. The number of amides is 1. The van der Waals surface area contributed by atoms with Gasteiger partial charge in [-0.2, -0.15) is 0 Å². The van der Waals surface area contributed by atoms with Gasteiger partial charge in [0, 0.05) is 5.56 Å². The Morgan fingerprint density at radius 2 is 2.11 bits per heavy atom. The molecule has 0 bridgehead atoms. The van der Waals surface area contributed by atoms with Crippen molar-refractivity contribution in [3.8, 4) is 0 Å². The first-order chi connectivity index (χ1) is 8.86. The standard InChI is InChI=1S/C13H18FN3O2/c1-7(2)11(12(15)17-19)16-13(18)9-5-4-8(3)10(14)6-9/h4-7,11,19H,1-3H3,(H2,15,17)(H,16,18). The van der Waals surface area contributed by atoms with Crippen LogP contribution in [-0.4, -0.2) is 23.0 Å². The summed E-state index contributed by atoms with van der Waals surface area (Å²) in [5.74, 6) is -1.06. The van der Waals surface area contributed by atoms with Crippen LogP contribution in [0.15, 0.2) is 23.4 Å². The molecular formula is C13H18FN3O2. The zero-order valence-electron chi connectivity index (χ0n) is 11.1. The van der Waals surface area contributed by atoms with Gasteiger partial charge in [-0.05, 0) is 30.5 Å². The van der Waals surface area contributed by atoms with E-state index in [-0.39, 0.29) is 17.3 Å². The molecule has 1 unspecified atom stereocenters. The predicted molar refractivity (Wildman–Crippen MR) is 70.6 cm³/mol. The Labute approximate surface area is 111 Å². The fourth-order valence-corrected chi connectivity index (χ4v) is 1.60. The van der Waals surface area contributed by atoms with Crippen molar-refractivity contribution in [2.75, 3.05) is 0 Å². The number of carbonyl (C=O) groups is 1. The highest BCUT2D eigenvalue weighted by Crippen LogP contribution is 2.10. The minimum atomic E-state index is -0.609. The molecule has 0 radical (unpaired) electrons. The molecule has 0 aromatic heterocycles. The molecule has 1 aromatic carbocycles. The fraction of sp³-hybridized carbons (Fsp3) is 0.385. The van der Waals surface area contributed by atoms with E-state index in [9.17, 15) is 9.18 Å². The van der Waals surface area contributed by atoms with Gasteiger partial charge in [0.25, 0.3) is 5.91 Å². The lowest BCUT2D eigenvalue weighted by Crippen LogP contribution is -2.47. The van der Waals surface area contributed by atoms with E-state index in [0.717, 1.165) is 6.07 Å². The molecule has 0 aliphatic carbocycles. The van der Waals surface area contributed by atoms with E-state index in [1.54, 1.807) is 6.92 Å². The van der Waals surface area contributed by atoms with Gasteiger partial charge in [0.05, 0.1) is 6.04 Å². The Bertz CT molecular complexity index is 501. The van der Waals surface area contributed by atoms with E-state index < -0.39 is 17.8 Å². The third-order valence-corrected chi connectivity index (χ3v) is 2.82. The van der Waals surface area contributed by atoms with Crippen LogP contribution in [0.25, 0.3) is 0 Å². The second kappa shape index (κ2) is 6.17. The van der Waals surface area contributed by atoms with Crippen molar-refractivity contribution in [2.45, 2.75) is 26.8 Å². The Hall–Kier alpha value is -2.11. The lowest BCUT2D eigenvalue weighted by molar-refractivity contribution is 0.0938. The zero-order chi connectivity index (χ0) is 14.6. The van der Waals surface area contributed by atoms with Crippen LogP contribution in [0.1, 0.15) is 29.8 Å². The van der Waals surface area contributed by atoms with Crippen molar-refractivity contribution in [1.82, 2.24) is 5.32 Å². The van der Waals surface area contributed by atoms with E-state index in [1.165, 1.54) is 12.1 Å². The molecule has 1 aromatic rings. The number of carbonyl (C=O) groups excluding carboxylic acids is 1. The number of halogens is 1. The molecule has 104 valence electrons. The smallest absolute Gasteiger partial charge is 0.251 e. The summed E-state index contributed by atoms with van der Waals surface area (Å²) in [6.07, 6.45) is 0. The molecular weight excluding hydrogens is 249 g/mol. The molecule has 0 saturated heterocycles. The minimum absolute atomic E-state index is 0.0601. The molecule has 0 aliphatic rings. The SMILES string of the molecule is Cc1ccc(C(=O)NC(C(N)=NO)C(C)C)cc1F. The van der Waals surface area contributed by atoms with Crippen LogP contribution in [-0.2, 0) is 0 Å². The van der Waals surface area contributed by atoms with E-state index in [1.807, 2.05) is 13.8 Å². The monoisotopic (exact) mass is 267 g/mol. The lowest BCUT2D eigenvalue weighted by Gasteiger charge is -2.20. The Kier molecular flexibility index (Phi) is 4.86. The Balaban J connectivity index is 2.91. The highest BCUT2D eigenvalue weighted by atomic mass is 19.1. The first kappa shape index (κ1) is 14.9. The normalized spacial score (nSPS) is 13.4. The molecule has 0 aliphatic heterocycles. The number of benzene rings is 1. The van der Waals surface area contributed by atoms with Crippen LogP contribution < -0.4 is 11.1 Å². The summed E-state index contributed by atoms with van der Waals surface area (Å²) in [6.45, 7) is 5.25. The second-order valence-corrected chi connectivity index (χ2v) is 4.68. The number of rotatable bonds is 4. The Morgan fingerprint density at radius 1 is 1.47 bits per heavy atom. The Morgan fingerprint density at radius 3 is 2.58 bits per heavy atom. The van der Waals surface area contributed by atoms with E-state index in [0.29, 0.717) is 5.56 Å². The number of nitrogens with two attached hydrogens (primary N) is 1. The second-order valence-electron chi connectivity index (χ2n) is 4.68. The van der Waals surface area contributed by atoms with Crippen molar-refractivity contribution in [2.24, 2.45) is 16.8 Å². The number of nitrogens with zero attached hydrogens (tertiary/aromatic N) is 1. The molecule has 0 heterocycles. The fourth-order valence-electron chi connectivity index (χ4n) is 1.60. The molecule has 5 nitrogen and oxygen atoms in total. The lowest BCUT2D eigenvalue weighted by atomic mass is 10.0. The number of nitrogens with one attached hydrogen (secondary N) is 1. The summed E-state index contributed by atoms with van der Waals surface area (Å²) in [4.78, 5) is 12.0. The van der Waals surface area contributed by atoms with Gasteiger partial charge in [-0.1, -0.05) is 25.1 Å². The highest BCUT2D eigenvalue weighted by Gasteiger charge is 2.21. The third-order valence-electron chi connectivity index (χ3n) is 2.82. The molecule has 1 rings (SSSR count). The topological polar surface area (TPSA) is 87.7 Å². The number of hydrogen-bond acceptors (Lipinski definition) is 3. The van der Waals surface area contributed by atoms with Crippen LogP contribution in [0, 0.1) is 18.7 Å². The van der Waals surface area contributed by atoms with Crippen LogP contribution >= 0.6 is 0 Å². The van der Waals surface area contributed by atoms with Gasteiger partial charge >= 0.3 is 0 Å². The van der Waals surface area contributed by atoms with Gasteiger partial charge in [0.15, 0.2) is 5.84 Å². The number of hydrogen-bond donors (Lipinski definition) is 3. The number of amidine groups is 1. The van der Waals surface area contributed by atoms with Crippen molar-refractivity contribution in [3.05, 3.63) is 35.1 Å². The molecule has 0 fully saturated rings. The van der Waals surface area contributed by atoms with Crippen molar-refractivity contribution in [1.29, 1.82) is 0 Å². The maximum Gasteiger partial charge on any atom is 0.251 e. The van der Waals surface area contributed by atoms with E-state index >= 15 is 0 Å². The van der Waals surface area contributed by atoms with Crippen molar-refractivity contribution < 1.29 is 14.4 Å². The highest BCUT2D eigenvalue weighted by molar-refractivity contribution is 5.98. The number of aryl methyl sites for hydroxylation is 1. The van der Waals surface area contributed by atoms with Crippen LogP contribution in [0.3, 0.4) is 0 Å². The molecule has 0 saturated carbocycles. The van der Waals surface area contributed by atoms with E-state index in [2.05, 4.69) is 10.5 Å².